The fourth-order valence-electron chi connectivity index (χ4n) is 3.13. The van der Waals surface area contributed by atoms with Crippen molar-refractivity contribution in [1.82, 2.24) is 9.88 Å². The van der Waals surface area contributed by atoms with Crippen LogP contribution in [0.3, 0.4) is 0 Å². The third-order valence-electron chi connectivity index (χ3n) is 4.85. The van der Waals surface area contributed by atoms with Gasteiger partial charge in [-0.2, -0.15) is 13.2 Å². The Kier molecular flexibility index (Phi) is 8.04. The van der Waals surface area contributed by atoms with E-state index in [1.165, 1.54) is 20.3 Å². The number of nitrogens with zero attached hydrogens (tertiary/aromatic N) is 2. The summed E-state index contributed by atoms with van der Waals surface area (Å²) in [5.74, 6) is 0.638. The second-order valence-corrected chi connectivity index (χ2v) is 7.39. The number of ether oxygens (including phenoxy) is 4. The Morgan fingerprint density at radius 3 is 2.70 bits per heavy atom. The molecule has 1 aliphatic heterocycles. The molecule has 2 heterocycles. The molecule has 0 saturated carbocycles. The molecule has 0 aliphatic carbocycles. The van der Waals surface area contributed by atoms with Crippen LogP contribution in [0.1, 0.15) is 11.1 Å². The van der Waals surface area contributed by atoms with Crippen LogP contribution in [0.25, 0.3) is 6.08 Å². The molecule has 1 saturated heterocycles. The minimum atomic E-state index is -4.46. The topological polar surface area (TPSA) is 70.1 Å². The number of halogens is 4. The Morgan fingerprint density at radius 1 is 1.27 bits per heavy atom. The molecule has 0 bridgehead atoms. The van der Waals surface area contributed by atoms with Crippen LogP contribution in [0.2, 0.25) is 5.02 Å². The van der Waals surface area contributed by atoms with Gasteiger partial charge in [-0.3, -0.25) is 4.79 Å². The van der Waals surface area contributed by atoms with Gasteiger partial charge in [-0.15, -0.1) is 0 Å². The van der Waals surface area contributed by atoms with Crippen molar-refractivity contribution in [3.05, 3.63) is 52.7 Å². The van der Waals surface area contributed by atoms with Crippen LogP contribution in [0, 0.1) is 0 Å². The first-order valence-electron chi connectivity index (χ1n) is 9.88. The van der Waals surface area contributed by atoms with Crippen molar-refractivity contribution in [3.63, 3.8) is 0 Å². The third kappa shape index (κ3) is 6.29. The van der Waals surface area contributed by atoms with E-state index in [1.54, 1.807) is 23.1 Å². The molecule has 11 heteroatoms. The van der Waals surface area contributed by atoms with Crippen LogP contribution in [0.4, 0.5) is 13.2 Å². The van der Waals surface area contributed by atoms with Gasteiger partial charge in [0.2, 0.25) is 11.8 Å². The maximum atomic E-state index is 12.6. The maximum absolute atomic E-state index is 12.6. The highest BCUT2D eigenvalue weighted by Crippen LogP contribution is 2.37. The number of carbonyl (C=O) groups excluding carboxylic acids is 1. The fraction of sp³-hybridized carbons (Fsp3) is 0.364. The van der Waals surface area contributed by atoms with E-state index in [4.69, 9.17) is 30.5 Å². The van der Waals surface area contributed by atoms with Gasteiger partial charge in [0.05, 0.1) is 38.0 Å². The van der Waals surface area contributed by atoms with Gasteiger partial charge in [0.25, 0.3) is 0 Å². The Bertz CT molecular complexity index is 999. The number of carbonyl (C=O) groups is 1. The van der Waals surface area contributed by atoms with Crippen LogP contribution < -0.4 is 14.2 Å². The molecule has 1 fully saturated rings. The van der Waals surface area contributed by atoms with Gasteiger partial charge in [-0.05, 0) is 29.8 Å². The molecule has 0 spiro atoms. The van der Waals surface area contributed by atoms with E-state index in [1.807, 2.05) is 0 Å². The summed E-state index contributed by atoms with van der Waals surface area (Å²) in [7, 11) is 2.97. The van der Waals surface area contributed by atoms with Crippen LogP contribution in [0.5, 0.6) is 17.4 Å². The number of methoxy groups -OCH3 is 2. The lowest BCUT2D eigenvalue weighted by molar-refractivity contribution is -0.137. The molecule has 33 heavy (non-hydrogen) atoms. The summed E-state index contributed by atoms with van der Waals surface area (Å²) < 4.78 is 59.3. The number of amides is 1. The van der Waals surface area contributed by atoms with Gasteiger partial charge in [0.15, 0.2) is 11.5 Å². The first kappa shape index (κ1) is 24.7. The monoisotopic (exact) mass is 486 g/mol. The van der Waals surface area contributed by atoms with Gasteiger partial charge >= 0.3 is 6.18 Å². The molecule has 3 rings (SSSR count). The summed E-state index contributed by atoms with van der Waals surface area (Å²) >= 11 is 6.33. The van der Waals surface area contributed by atoms with Gasteiger partial charge < -0.3 is 23.8 Å². The normalized spacial score (nSPS) is 16.7. The first-order chi connectivity index (χ1) is 15.7. The lowest BCUT2D eigenvalue weighted by atomic mass is 10.1. The van der Waals surface area contributed by atoms with E-state index in [9.17, 15) is 18.0 Å². The zero-order chi connectivity index (χ0) is 24.0. The zero-order valence-corrected chi connectivity index (χ0v) is 18.7. The number of hydrogen-bond acceptors (Lipinski definition) is 6. The summed E-state index contributed by atoms with van der Waals surface area (Å²) in [5.41, 5.74) is -0.272. The molecular formula is C22H22ClF3N2O5. The number of alkyl halides is 3. The van der Waals surface area contributed by atoms with E-state index in [0.29, 0.717) is 41.4 Å². The number of morpholine rings is 1. The minimum absolute atomic E-state index is 0.0351. The Balaban J connectivity index is 1.57. The lowest BCUT2D eigenvalue weighted by Gasteiger charge is -2.32. The minimum Gasteiger partial charge on any atom is -0.493 e. The molecule has 1 aromatic heterocycles. The standard InChI is InChI=1S/C22H22ClF3N2O5/c1-30-17-6-3-14(20(23)21(17)31-2)4-8-19(29)28-9-10-32-16(12-28)13-33-18-7-5-15(11-27-18)22(24,25)26/h3-8,11,16H,9-10,12-13H2,1-2H3/b8-4+. The van der Waals surface area contributed by atoms with Crippen molar-refractivity contribution in [1.29, 1.82) is 0 Å². The second-order valence-electron chi connectivity index (χ2n) is 7.01. The highest BCUT2D eigenvalue weighted by atomic mass is 35.5. The molecule has 0 radical (unpaired) electrons. The predicted molar refractivity (Wildman–Crippen MR) is 115 cm³/mol. The SMILES string of the molecule is COc1ccc(/C=C/C(=O)N2CCOC(COc3ccc(C(F)(F)F)cn3)C2)c(Cl)c1OC. The van der Waals surface area contributed by atoms with E-state index in [0.717, 1.165) is 12.1 Å². The second kappa shape index (κ2) is 10.8. The van der Waals surface area contributed by atoms with Crippen molar-refractivity contribution >= 4 is 23.6 Å². The summed E-state index contributed by atoms with van der Waals surface area (Å²) in [5, 5.41) is 0.318. The van der Waals surface area contributed by atoms with Crippen LogP contribution >= 0.6 is 11.6 Å². The van der Waals surface area contributed by atoms with Crippen molar-refractivity contribution in [2.24, 2.45) is 0 Å². The van der Waals surface area contributed by atoms with Gasteiger partial charge in [0.1, 0.15) is 12.7 Å². The number of aromatic nitrogens is 1. The predicted octanol–water partition coefficient (Wildman–Crippen LogP) is 4.09. The van der Waals surface area contributed by atoms with E-state index in [-0.39, 0.29) is 24.9 Å². The van der Waals surface area contributed by atoms with E-state index < -0.39 is 17.8 Å². The van der Waals surface area contributed by atoms with E-state index >= 15 is 0 Å². The molecule has 1 amide bonds. The summed E-state index contributed by atoms with van der Waals surface area (Å²) in [6.07, 6.45) is -1.23. The van der Waals surface area contributed by atoms with Crippen LogP contribution in [-0.4, -0.2) is 62.4 Å². The molecular weight excluding hydrogens is 465 g/mol. The average molecular weight is 487 g/mol. The van der Waals surface area contributed by atoms with Crippen LogP contribution in [0.15, 0.2) is 36.5 Å². The van der Waals surface area contributed by atoms with Crippen molar-refractivity contribution in [3.8, 4) is 17.4 Å². The maximum Gasteiger partial charge on any atom is 0.417 e. The molecule has 0 N–H and O–H groups in total. The van der Waals surface area contributed by atoms with Crippen molar-refractivity contribution in [2.45, 2.75) is 12.3 Å². The zero-order valence-electron chi connectivity index (χ0n) is 17.9. The lowest BCUT2D eigenvalue weighted by Crippen LogP contribution is -2.47. The van der Waals surface area contributed by atoms with Crippen molar-refractivity contribution < 1.29 is 36.9 Å². The van der Waals surface area contributed by atoms with Gasteiger partial charge in [-0.1, -0.05) is 11.6 Å². The van der Waals surface area contributed by atoms with Gasteiger partial charge in [0, 0.05) is 24.9 Å². The molecule has 1 atom stereocenters. The number of rotatable bonds is 7. The Labute approximate surface area is 193 Å². The fourth-order valence-corrected chi connectivity index (χ4v) is 3.43. The quantitative estimate of drug-likeness (QED) is 0.549. The largest absolute Gasteiger partial charge is 0.493 e. The molecule has 1 aromatic carbocycles. The third-order valence-corrected chi connectivity index (χ3v) is 5.24. The summed E-state index contributed by atoms with van der Waals surface area (Å²) in [6, 6.07) is 5.43. The highest BCUT2D eigenvalue weighted by molar-refractivity contribution is 6.33. The highest BCUT2D eigenvalue weighted by Gasteiger charge is 2.31. The number of benzene rings is 1. The molecule has 7 nitrogen and oxygen atoms in total. The number of hydrogen-bond donors (Lipinski definition) is 0. The Hall–Kier alpha value is -2.98. The average Bonchev–Trinajstić information content (AvgIpc) is 2.81. The van der Waals surface area contributed by atoms with Crippen LogP contribution in [-0.2, 0) is 15.7 Å². The van der Waals surface area contributed by atoms with Crippen molar-refractivity contribution in [2.75, 3.05) is 40.5 Å². The molecule has 178 valence electrons. The Morgan fingerprint density at radius 2 is 2.06 bits per heavy atom. The number of pyridine rings is 1. The molecule has 1 aliphatic rings. The summed E-state index contributed by atoms with van der Waals surface area (Å²) in [6.45, 7) is 0.972. The van der Waals surface area contributed by atoms with Gasteiger partial charge in [-0.25, -0.2) is 4.98 Å². The van der Waals surface area contributed by atoms with E-state index in [2.05, 4.69) is 4.98 Å². The first-order valence-corrected chi connectivity index (χ1v) is 10.3. The summed E-state index contributed by atoms with van der Waals surface area (Å²) in [4.78, 5) is 17.9. The smallest absolute Gasteiger partial charge is 0.417 e. The molecule has 2 aromatic rings. The molecule has 1 unspecified atom stereocenters.